The Labute approximate surface area is 185 Å². The van der Waals surface area contributed by atoms with E-state index in [0.717, 1.165) is 35.9 Å². The minimum absolute atomic E-state index is 0.454. The minimum atomic E-state index is 0.454. The zero-order chi connectivity index (χ0) is 18.5. The van der Waals surface area contributed by atoms with E-state index in [0.29, 0.717) is 6.04 Å². The van der Waals surface area contributed by atoms with Crippen LogP contribution < -0.4 is 5.32 Å². The molecule has 2 heterocycles. The van der Waals surface area contributed by atoms with Gasteiger partial charge in [-0.15, -0.1) is 11.3 Å². The third-order valence-corrected chi connectivity index (χ3v) is 6.96. The number of halogens is 2. The quantitative estimate of drug-likeness (QED) is 0.185. The van der Waals surface area contributed by atoms with Crippen molar-refractivity contribution in [2.45, 2.75) is 45.6 Å². The van der Waals surface area contributed by atoms with E-state index < -0.39 is 0 Å². The Bertz CT molecular complexity index is 881. The van der Waals surface area contributed by atoms with Crippen molar-refractivity contribution in [1.29, 1.82) is 0 Å². The van der Waals surface area contributed by atoms with Crippen molar-refractivity contribution in [3.05, 3.63) is 33.1 Å². The summed E-state index contributed by atoms with van der Waals surface area (Å²) < 4.78 is 3.33. The van der Waals surface area contributed by atoms with Crippen molar-refractivity contribution >= 4 is 72.6 Å². The van der Waals surface area contributed by atoms with Crippen LogP contribution in [-0.2, 0) is 0 Å². The molecule has 0 saturated carbocycles. The molecule has 0 aliphatic heterocycles. The number of nitrogens with zero attached hydrogens (tertiary/aromatic N) is 3. The van der Waals surface area contributed by atoms with E-state index in [9.17, 15) is 0 Å². The van der Waals surface area contributed by atoms with Crippen LogP contribution >= 0.6 is 56.5 Å². The number of rotatable bonds is 8. The molecule has 1 unspecified atom stereocenters. The highest BCUT2D eigenvalue weighted by atomic mass is 127. The third kappa shape index (κ3) is 5.25. The molecule has 1 atom stereocenters. The van der Waals surface area contributed by atoms with E-state index in [1.807, 2.05) is 6.92 Å². The van der Waals surface area contributed by atoms with E-state index in [2.05, 4.69) is 96.6 Å². The number of hydrogen-bond donors (Lipinski definition) is 1. The predicted molar refractivity (Wildman–Crippen MR) is 129 cm³/mol. The zero-order valence-corrected chi connectivity index (χ0v) is 20.1. The highest BCUT2D eigenvalue weighted by Gasteiger charge is 2.11. The number of hydrogen-bond acceptors (Lipinski definition) is 5. The maximum atomic E-state index is 4.66. The molecule has 0 amide bonds. The van der Waals surface area contributed by atoms with Gasteiger partial charge in [0.05, 0.1) is 15.9 Å². The van der Waals surface area contributed by atoms with Crippen LogP contribution in [0.5, 0.6) is 0 Å². The summed E-state index contributed by atoms with van der Waals surface area (Å²) in [5.74, 6) is 1.72. The summed E-state index contributed by atoms with van der Waals surface area (Å²) in [4.78, 5) is 13.8. The molecule has 26 heavy (non-hydrogen) atoms. The molecule has 3 rings (SSSR count). The topological polar surface area (TPSA) is 50.7 Å². The third-order valence-electron chi connectivity index (χ3n) is 4.19. The molecular weight excluding hydrogens is 570 g/mol. The van der Waals surface area contributed by atoms with Crippen molar-refractivity contribution in [3.8, 4) is 11.3 Å². The molecular formula is C19H22I2N4S. The number of anilines is 1. The summed E-state index contributed by atoms with van der Waals surface area (Å²) >= 11 is 6.44. The van der Waals surface area contributed by atoms with Gasteiger partial charge in [0, 0.05) is 22.1 Å². The van der Waals surface area contributed by atoms with Gasteiger partial charge in [-0.3, -0.25) is 0 Å². The number of benzene rings is 1. The summed E-state index contributed by atoms with van der Waals surface area (Å²) in [7, 11) is 0. The molecule has 0 aliphatic carbocycles. The van der Waals surface area contributed by atoms with Gasteiger partial charge in [0.2, 0.25) is 0 Å². The van der Waals surface area contributed by atoms with Gasteiger partial charge in [-0.05, 0) is 48.1 Å². The number of thiazole rings is 1. The fraction of sp³-hybridized carbons (Fsp3) is 0.421. The molecule has 138 valence electrons. The van der Waals surface area contributed by atoms with Crippen molar-refractivity contribution in [2.75, 3.05) is 9.74 Å². The highest BCUT2D eigenvalue weighted by Crippen LogP contribution is 2.29. The molecule has 1 N–H and O–H groups in total. The first-order chi connectivity index (χ1) is 12.6. The van der Waals surface area contributed by atoms with Crippen LogP contribution in [0.15, 0.2) is 24.3 Å². The largest absolute Gasteiger partial charge is 0.366 e. The summed E-state index contributed by atoms with van der Waals surface area (Å²) in [5, 5.41) is 3.61. The highest BCUT2D eigenvalue weighted by molar-refractivity contribution is 14.1. The molecule has 4 nitrogen and oxygen atoms in total. The van der Waals surface area contributed by atoms with Gasteiger partial charge >= 0.3 is 0 Å². The lowest BCUT2D eigenvalue weighted by Crippen LogP contribution is -2.22. The van der Waals surface area contributed by atoms with Gasteiger partial charge in [0.15, 0.2) is 3.01 Å². The molecule has 0 fully saturated rings. The average Bonchev–Trinajstić information content (AvgIpc) is 2.99. The molecule has 0 bridgehead atoms. The van der Waals surface area contributed by atoms with Crippen LogP contribution in [0.2, 0.25) is 0 Å². The Morgan fingerprint density at radius 2 is 2.00 bits per heavy atom. The maximum Gasteiger partial charge on any atom is 0.155 e. The van der Waals surface area contributed by atoms with E-state index in [-0.39, 0.29) is 0 Å². The predicted octanol–water partition coefficient (Wildman–Crippen LogP) is 6.46. The standard InChI is InChI=1S/C19H22I2N4S/c1-3-4-5-6-14(11-20)24-18-10-16(22-12(2)23-18)13-7-8-15-17(9-13)26-19(21)25-15/h7-10,14H,3-6,11H2,1-2H3,(H,22,23,24). The molecule has 1 aromatic carbocycles. The van der Waals surface area contributed by atoms with Crippen LogP contribution in [0.3, 0.4) is 0 Å². The average molecular weight is 592 g/mol. The second-order valence-corrected chi connectivity index (χ2v) is 9.99. The van der Waals surface area contributed by atoms with E-state index >= 15 is 0 Å². The van der Waals surface area contributed by atoms with Gasteiger partial charge in [-0.25, -0.2) is 15.0 Å². The van der Waals surface area contributed by atoms with Crippen LogP contribution in [0.4, 0.5) is 5.82 Å². The first-order valence-electron chi connectivity index (χ1n) is 8.83. The van der Waals surface area contributed by atoms with Crippen LogP contribution in [-0.4, -0.2) is 25.4 Å². The van der Waals surface area contributed by atoms with Crippen LogP contribution in [0.25, 0.3) is 21.5 Å². The number of aromatic nitrogens is 3. The van der Waals surface area contributed by atoms with Crippen molar-refractivity contribution in [2.24, 2.45) is 0 Å². The van der Waals surface area contributed by atoms with Gasteiger partial charge in [0.25, 0.3) is 0 Å². The van der Waals surface area contributed by atoms with Gasteiger partial charge in [0.1, 0.15) is 11.6 Å². The number of nitrogens with one attached hydrogen (secondary N) is 1. The maximum absolute atomic E-state index is 4.66. The fourth-order valence-corrected chi connectivity index (χ4v) is 5.24. The molecule has 2 aromatic heterocycles. The normalized spacial score (nSPS) is 12.5. The number of aryl methyl sites for hydroxylation is 1. The number of fused-ring (bicyclic) bond motifs is 1. The Morgan fingerprint density at radius 1 is 1.15 bits per heavy atom. The fourth-order valence-electron chi connectivity index (χ4n) is 2.88. The summed E-state index contributed by atoms with van der Waals surface area (Å²) in [5.41, 5.74) is 3.13. The Hall–Kier alpha value is -0.550. The van der Waals surface area contributed by atoms with Gasteiger partial charge < -0.3 is 5.32 Å². The smallest absolute Gasteiger partial charge is 0.155 e. The molecule has 7 heteroatoms. The molecule has 0 saturated heterocycles. The van der Waals surface area contributed by atoms with Crippen molar-refractivity contribution < 1.29 is 0 Å². The van der Waals surface area contributed by atoms with Crippen molar-refractivity contribution in [3.63, 3.8) is 0 Å². The lowest BCUT2D eigenvalue weighted by Gasteiger charge is -2.17. The first kappa shape index (κ1) is 20.2. The van der Waals surface area contributed by atoms with Crippen molar-refractivity contribution in [1.82, 2.24) is 15.0 Å². The summed E-state index contributed by atoms with van der Waals surface area (Å²) in [6.45, 7) is 4.20. The van der Waals surface area contributed by atoms with Gasteiger partial charge in [-0.1, -0.05) is 54.8 Å². The van der Waals surface area contributed by atoms with Gasteiger partial charge in [-0.2, -0.15) is 0 Å². The Morgan fingerprint density at radius 3 is 2.77 bits per heavy atom. The van der Waals surface area contributed by atoms with E-state index in [1.165, 1.54) is 30.4 Å². The van der Waals surface area contributed by atoms with Crippen LogP contribution in [0.1, 0.15) is 38.4 Å². The second-order valence-electron chi connectivity index (χ2n) is 6.33. The lowest BCUT2D eigenvalue weighted by molar-refractivity contribution is 0.621. The number of alkyl halides is 1. The van der Waals surface area contributed by atoms with E-state index in [4.69, 9.17) is 0 Å². The summed E-state index contributed by atoms with van der Waals surface area (Å²) in [6.07, 6.45) is 4.98. The van der Waals surface area contributed by atoms with E-state index in [1.54, 1.807) is 11.3 Å². The second kappa shape index (κ2) is 9.59. The molecule has 0 radical (unpaired) electrons. The minimum Gasteiger partial charge on any atom is -0.366 e. The van der Waals surface area contributed by atoms with Crippen LogP contribution in [0, 0.1) is 9.94 Å². The Balaban J connectivity index is 1.83. The lowest BCUT2D eigenvalue weighted by atomic mass is 10.1. The monoisotopic (exact) mass is 592 g/mol. The summed E-state index contributed by atoms with van der Waals surface area (Å²) in [6, 6.07) is 8.87. The number of unbranched alkanes of at least 4 members (excludes halogenated alkanes) is 2. The first-order valence-corrected chi connectivity index (χ1v) is 12.3. The molecule has 0 aliphatic rings. The zero-order valence-electron chi connectivity index (χ0n) is 14.9. The Kier molecular flexibility index (Phi) is 7.44. The molecule has 0 spiro atoms. The molecule has 3 aromatic rings. The SMILES string of the molecule is CCCCCC(CI)Nc1cc(-c2ccc3nc(I)sc3c2)nc(C)n1.